The van der Waals surface area contributed by atoms with Crippen LogP contribution in [0.15, 0.2) is 84.9 Å². The fourth-order valence-corrected chi connectivity index (χ4v) is 6.04. The van der Waals surface area contributed by atoms with E-state index in [0.29, 0.717) is 25.7 Å². The van der Waals surface area contributed by atoms with Gasteiger partial charge >= 0.3 is 11.9 Å². The van der Waals surface area contributed by atoms with Crippen LogP contribution in [0.1, 0.15) is 63.3 Å². The average Bonchev–Trinajstić information content (AvgIpc) is 3.49. The lowest BCUT2D eigenvalue weighted by atomic mass is 10.0. The summed E-state index contributed by atoms with van der Waals surface area (Å²) in [5.41, 5.74) is 3.45. The Kier molecular flexibility index (Phi) is 12.9. The molecule has 0 radical (unpaired) electrons. The molecule has 0 saturated carbocycles. The van der Waals surface area contributed by atoms with Crippen LogP contribution in [0.4, 0.5) is 0 Å². The van der Waals surface area contributed by atoms with Crippen LogP contribution in [0.5, 0.6) is 0 Å². The zero-order valence-corrected chi connectivity index (χ0v) is 28.7. The van der Waals surface area contributed by atoms with Crippen molar-refractivity contribution in [2.24, 2.45) is 0 Å². The summed E-state index contributed by atoms with van der Waals surface area (Å²) < 4.78 is 11.0. The molecule has 0 saturated heterocycles. The Hall–Kier alpha value is -4.50. The molecule has 3 atom stereocenters. The van der Waals surface area contributed by atoms with E-state index in [4.69, 9.17) is 9.47 Å². The highest BCUT2D eigenvalue weighted by Crippen LogP contribution is 2.26. The summed E-state index contributed by atoms with van der Waals surface area (Å²) in [5.74, 6) is -1.75. The first-order valence-electron chi connectivity index (χ1n) is 16.8. The molecule has 1 aliphatic carbocycles. The molecule has 4 rings (SSSR count). The van der Waals surface area contributed by atoms with Gasteiger partial charge in [-0.2, -0.15) is 0 Å². The van der Waals surface area contributed by atoms with Gasteiger partial charge in [0.1, 0.15) is 17.7 Å². The summed E-state index contributed by atoms with van der Waals surface area (Å²) in [7, 11) is 0. The minimum absolute atomic E-state index is 0.221. The maximum absolute atomic E-state index is 14.2. The van der Waals surface area contributed by atoms with Gasteiger partial charge in [0.05, 0.1) is 19.2 Å². The molecular weight excluding hydrogens is 606 g/mol. The molecule has 9 nitrogen and oxygen atoms in total. The summed E-state index contributed by atoms with van der Waals surface area (Å²) in [5, 5.41) is 6.08. The van der Waals surface area contributed by atoms with Gasteiger partial charge in [-0.15, -0.1) is 0 Å². The molecule has 0 spiro atoms. The molecule has 3 aromatic rings. The smallest absolute Gasteiger partial charge is 0.329 e. The van der Waals surface area contributed by atoms with E-state index in [2.05, 4.69) is 10.6 Å². The SMILES string of the molecule is CCOC(=O)[C@@H](CCc1ccccc1)N[C@@H](C)C(=O)N(CC(=O)N[C@@H](Cc1ccccc1)C(=O)OC(C)(C)C)C1Cc2ccccc2C1. The highest BCUT2D eigenvalue weighted by molar-refractivity contribution is 5.90. The number of ether oxygens (including phenoxy) is 2. The lowest BCUT2D eigenvalue weighted by Crippen LogP contribution is -2.57. The Morgan fingerprint density at radius 1 is 0.812 bits per heavy atom. The van der Waals surface area contributed by atoms with E-state index < -0.39 is 41.6 Å². The Balaban J connectivity index is 1.53. The number of carbonyl (C=O) groups is 4. The van der Waals surface area contributed by atoms with E-state index in [-0.39, 0.29) is 31.5 Å². The van der Waals surface area contributed by atoms with E-state index in [1.165, 1.54) is 0 Å². The molecule has 0 fully saturated rings. The van der Waals surface area contributed by atoms with Gasteiger partial charge < -0.3 is 19.7 Å². The summed E-state index contributed by atoms with van der Waals surface area (Å²) >= 11 is 0. The van der Waals surface area contributed by atoms with Gasteiger partial charge in [-0.25, -0.2) is 4.79 Å². The van der Waals surface area contributed by atoms with Crippen LogP contribution in [0.3, 0.4) is 0 Å². The first kappa shape index (κ1) is 36.3. The lowest BCUT2D eigenvalue weighted by molar-refractivity contribution is -0.158. The standard InChI is InChI=1S/C39H49N3O6/c1-6-47-37(45)33(22-21-28-15-9-7-10-16-28)40-27(2)36(44)42(32-24-30-19-13-14-20-31(30)25-32)26-35(43)41-34(38(46)48-39(3,4)5)23-29-17-11-8-12-18-29/h7-20,27,32-34,40H,6,21-26H2,1-5H3,(H,41,43)/t27-,33+,34-/m0/s1. The number of fused-ring (bicyclic) bond motifs is 1. The molecule has 0 heterocycles. The third kappa shape index (κ3) is 10.8. The third-order valence-electron chi connectivity index (χ3n) is 8.33. The van der Waals surface area contributed by atoms with Crippen molar-refractivity contribution in [3.05, 3.63) is 107 Å². The van der Waals surface area contributed by atoms with E-state index in [9.17, 15) is 19.2 Å². The second kappa shape index (κ2) is 17.1. The fourth-order valence-electron chi connectivity index (χ4n) is 6.04. The number of hydrogen-bond acceptors (Lipinski definition) is 7. The minimum atomic E-state index is -0.946. The molecule has 1 aliphatic rings. The van der Waals surface area contributed by atoms with Crippen LogP contribution in [-0.4, -0.2) is 71.6 Å². The topological polar surface area (TPSA) is 114 Å². The van der Waals surface area contributed by atoms with E-state index >= 15 is 0 Å². The predicted molar refractivity (Wildman–Crippen MR) is 185 cm³/mol. The lowest BCUT2D eigenvalue weighted by Gasteiger charge is -2.33. The Bertz CT molecular complexity index is 1500. The molecule has 3 aromatic carbocycles. The summed E-state index contributed by atoms with van der Waals surface area (Å²) in [6.07, 6.45) is 2.49. The van der Waals surface area contributed by atoms with E-state index in [1.54, 1.807) is 39.5 Å². The molecule has 48 heavy (non-hydrogen) atoms. The number of carbonyl (C=O) groups excluding carboxylic acids is 4. The molecule has 256 valence electrons. The van der Waals surface area contributed by atoms with Crippen molar-refractivity contribution < 1.29 is 28.7 Å². The van der Waals surface area contributed by atoms with Crippen molar-refractivity contribution in [2.45, 2.75) is 96.5 Å². The number of benzene rings is 3. The zero-order chi connectivity index (χ0) is 34.7. The second-order valence-electron chi connectivity index (χ2n) is 13.4. The first-order valence-corrected chi connectivity index (χ1v) is 16.8. The summed E-state index contributed by atoms with van der Waals surface area (Å²) in [4.78, 5) is 55.8. The normalized spacial score (nSPS) is 14.7. The predicted octanol–water partition coefficient (Wildman–Crippen LogP) is 4.59. The number of nitrogens with one attached hydrogen (secondary N) is 2. The summed E-state index contributed by atoms with van der Waals surface area (Å²) in [6, 6.07) is 24.5. The van der Waals surface area contributed by atoms with Gasteiger partial charge in [0.15, 0.2) is 0 Å². The third-order valence-corrected chi connectivity index (χ3v) is 8.33. The molecule has 0 aliphatic heterocycles. The number of rotatable bonds is 15. The molecule has 0 unspecified atom stereocenters. The maximum atomic E-state index is 14.2. The number of esters is 2. The molecule has 2 N–H and O–H groups in total. The molecule has 0 bridgehead atoms. The van der Waals surface area contributed by atoms with Gasteiger partial charge in [-0.3, -0.25) is 19.7 Å². The van der Waals surface area contributed by atoms with Crippen molar-refractivity contribution in [1.82, 2.24) is 15.5 Å². The van der Waals surface area contributed by atoms with Gasteiger partial charge in [0.25, 0.3) is 0 Å². The molecule has 9 heteroatoms. The Morgan fingerprint density at radius 3 is 1.94 bits per heavy atom. The van der Waals surface area contributed by atoms with Gasteiger partial charge in [-0.1, -0.05) is 84.9 Å². The van der Waals surface area contributed by atoms with Crippen molar-refractivity contribution in [1.29, 1.82) is 0 Å². The Morgan fingerprint density at radius 2 is 1.38 bits per heavy atom. The van der Waals surface area contributed by atoms with Crippen molar-refractivity contribution in [2.75, 3.05) is 13.2 Å². The average molecular weight is 656 g/mol. The second-order valence-corrected chi connectivity index (χ2v) is 13.4. The monoisotopic (exact) mass is 655 g/mol. The van der Waals surface area contributed by atoms with Crippen molar-refractivity contribution in [3.8, 4) is 0 Å². The Labute approximate surface area is 284 Å². The van der Waals surface area contributed by atoms with Crippen molar-refractivity contribution in [3.63, 3.8) is 0 Å². The van der Waals surface area contributed by atoms with Crippen LogP contribution in [-0.2, 0) is 54.3 Å². The van der Waals surface area contributed by atoms with Crippen LogP contribution in [0.25, 0.3) is 0 Å². The molecule has 2 amide bonds. The van der Waals surface area contributed by atoms with Crippen LogP contribution in [0.2, 0.25) is 0 Å². The van der Waals surface area contributed by atoms with Crippen molar-refractivity contribution >= 4 is 23.8 Å². The zero-order valence-electron chi connectivity index (χ0n) is 28.7. The largest absolute Gasteiger partial charge is 0.465 e. The van der Waals surface area contributed by atoms with E-state index in [0.717, 1.165) is 22.3 Å². The van der Waals surface area contributed by atoms with Crippen LogP contribution < -0.4 is 10.6 Å². The molecule has 0 aromatic heterocycles. The van der Waals surface area contributed by atoms with Gasteiger partial charge in [0, 0.05) is 12.5 Å². The first-order chi connectivity index (χ1) is 22.9. The van der Waals surface area contributed by atoms with E-state index in [1.807, 2.05) is 84.9 Å². The number of amides is 2. The number of hydrogen-bond donors (Lipinski definition) is 2. The highest BCUT2D eigenvalue weighted by Gasteiger charge is 2.36. The fraction of sp³-hybridized carbons (Fsp3) is 0.436. The summed E-state index contributed by atoms with van der Waals surface area (Å²) in [6.45, 7) is 8.77. The van der Waals surface area contributed by atoms with Crippen LogP contribution in [0, 0.1) is 0 Å². The minimum Gasteiger partial charge on any atom is -0.465 e. The number of aryl methyl sites for hydroxylation is 1. The molecular formula is C39H49N3O6. The van der Waals surface area contributed by atoms with Gasteiger partial charge in [-0.05, 0) is 82.6 Å². The highest BCUT2D eigenvalue weighted by atomic mass is 16.6. The quantitative estimate of drug-likeness (QED) is 0.230. The maximum Gasteiger partial charge on any atom is 0.329 e. The van der Waals surface area contributed by atoms with Gasteiger partial charge in [0.2, 0.25) is 11.8 Å². The van der Waals surface area contributed by atoms with Crippen LogP contribution >= 0.6 is 0 Å². The number of nitrogens with zero attached hydrogens (tertiary/aromatic N) is 1.